The molecule has 1 aromatic carbocycles. The summed E-state index contributed by atoms with van der Waals surface area (Å²) >= 11 is 0. The van der Waals surface area contributed by atoms with Crippen LogP contribution in [-0.4, -0.2) is 25.8 Å². The molecule has 0 amide bonds. The minimum absolute atomic E-state index is 0.203. The van der Waals surface area contributed by atoms with Crippen molar-refractivity contribution in [2.24, 2.45) is 5.16 Å². The summed E-state index contributed by atoms with van der Waals surface area (Å²) in [6, 6.07) is 7.47. The van der Waals surface area contributed by atoms with E-state index in [0.29, 0.717) is 12.2 Å². The lowest BCUT2D eigenvalue weighted by molar-refractivity contribution is 0.0822. The minimum atomic E-state index is -0.773. The number of rotatable bonds is 3. The van der Waals surface area contributed by atoms with Gasteiger partial charge in [0.1, 0.15) is 5.75 Å². The first-order valence-electron chi connectivity index (χ1n) is 5.94. The molecule has 0 saturated carbocycles. The van der Waals surface area contributed by atoms with Crippen molar-refractivity contribution in [1.82, 2.24) is 0 Å². The number of carbonyl (C=O) groups excluding carboxylic acids is 1. The molecular weight excluding hydrogens is 250 g/mol. The Morgan fingerprint density at radius 2 is 2.26 bits per heavy atom. The molecule has 0 aromatic heterocycles. The molecule has 102 valence electrons. The first kappa shape index (κ1) is 13.2. The summed E-state index contributed by atoms with van der Waals surface area (Å²) in [4.78, 5) is 16.4. The molecule has 1 aromatic rings. The van der Waals surface area contributed by atoms with Crippen molar-refractivity contribution in [3.63, 3.8) is 0 Å². The van der Waals surface area contributed by atoms with Gasteiger partial charge in [0.15, 0.2) is 6.10 Å². The molecule has 0 radical (unpaired) electrons. The Hall–Kier alpha value is -2.24. The molecule has 1 unspecified atom stereocenters. The number of ether oxygens (including phenoxy) is 3. The maximum atomic E-state index is 11.2. The maximum Gasteiger partial charge on any atom is 0.515 e. The Morgan fingerprint density at radius 1 is 1.47 bits per heavy atom. The molecule has 6 nitrogen and oxygen atoms in total. The van der Waals surface area contributed by atoms with Gasteiger partial charge in [0.05, 0.1) is 20.1 Å². The Bertz CT molecular complexity index is 486. The topological polar surface area (TPSA) is 66.4 Å². The van der Waals surface area contributed by atoms with Crippen molar-refractivity contribution >= 4 is 12.1 Å². The molecule has 0 spiro atoms. The maximum absolute atomic E-state index is 11.2. The molecule has 1 atom stereocenters. The van der Waals surface area contributed by atoms with Crippen LogP contribution in [0.1, 0.15) is 25.0 Å². The lowest BCUT2D eigenvalue weighted by Crippen LogP contribution is -2.13. The van der Waals surface area contributed by atoms with E-state index in [2.05, 4.69) is 9.89 Å². The van der Waals surface area contributed by atoms with Crippen LogP contribution in [0, 0.1) is 0 Å². The van der Waals surface area contributed by atoms with E-state index in [1.807, 2.05) is 24.3 Å². The largest absolute Gasteiger partial charge is 0.515 e. The molecule has 19 heavy (non-hydrogen) atoms. The number of para-hydroxylation sites is 1. The van der Waals surface area contributed by atoms with E-state index >= 15 is 0 Å². The van der Waals surface area contributed by atoms with Crippen LogP contribution >= 0.6 is 0 Å². The summed E-state index contributed by atoms with van der Waals surface area (Å²) in [5.41, 5.74) is 0.858. The molecular formula is C13H15NO5. The molecule has 1 aliphatic rings. The van der Waals surface area contributed by atoms with Gasteiger partial charge in [0.2, 0.25) is 5.90 Å². The zero-order valence-electron chi connectivity index (χ0n) is 10.8. The normalized spacial score (nSPS) is 17.4. The predicted octanol–water partition coefficient (Wildman–Crippen LogP) is 2.64. The lowest BCUT2D eigenvalue weighted by atomic mass is 10.1. The third-order valence-electron chi connectivity index (χ3n) is 2.59. The monoisotopic (exact) mass is 265 g/mol. The van der Waals surface area contributed by atoms with Crippen LogP contribution in [0.25, 0.3) is 0 Å². The van der Waals surface area contributed by atoms with Gasteiger partial charge in [-0.05, 0) is 13.0 Å². The van der Waals surface area contributed by atoms with Gasteiger partial charge in [-0.25, -0.2) is 4.79 Å². The summed E-state index contributed by atoms with van der Waals surface area (Å²) in [6.07, 6.45) is -0.731. The van der Waals surface area contributed by atoms with Gasteiger partial charge in [-0.1, -0.05) is 23.4 Å². The van der Waals surface area contributed by atoms with Crippen molar-refractivity contribution in [1.29, 1.82) is 0 Å². The molecule has 0 fully saturated rings. The third-order valence-corrected chi connectivity index (χ3v) is 2.59. The van der Waals surface area contributed by atoms with Gasteiger partial charge < -0.3 is 19.0 Å². The molecule has 0 bridgehead atoms. The number of carbonyl (C=O) groups is 1. The van der Waals surface area contributed by atoms with Crippen LogP contribution in [-0.2, 0) is 14.3 Å². The van der Waals surface area contributed by atoms with E-state index in [4.69, 9.17) is 14.3 Å². The van der Waals surface area contributed by atoms with Crippen LogP contribution in [0.5, 0.6) is 5.75 Å². The van der Waals surface area contributed by atoms with E-state index in [1.165, 1.54) is 0 Å². The zero-order chi connectivity index (χ0) is 13.7. The highest BCUT2D eigenvalue weighted by molar-refractivity contribution is 5.86. The first-order chi connectivity index (χ1) is 9.24. The minimum Gasteiger partial charge on any atom is -0.496 e. The van der Waals surface area contributed by atoms with Gasteiger partial charge in [-0.15, -0.1) is 0 Å². The number of oxime groups is 1. The predicted molar refractivity (Wildman–Crippen MR) is 67.0 cm³/mol. The number of hydrogen-bond donors (Lipinski definition) is 0. The Kier molecular flexibility index (Phi) is 4.22. The van der Waals surface area contributed by atoms with Crippen molar-refractivity contribution in [3.8, 4) is 5.75 Å². The van der Waals surface area contributed by atoms with Gasteiger partial charge in [-0.3, -0.25) is 0 Å². The van der Waals surface area contributed by atoms with Gasteiger partial charge >= 0.3 is 6.16 Å². The summed E-state index contributed by atoms with van der Waals surface area (Å²) < 4.78 is 14.8. The molecule has 0 N–H and O–H groups in total. The Morgan fingerprint density at radius 3 is 3.00 bits per heavy atom. The Labute approximate surface area is 110 Å². The molecule has 1 aliphatic heterocycles. The van der Waals surface area contributed by atoms with Crippen molar-refractivity contribution < 1.29 is 23.8 Å². The second-order valence-corrected chi connectivity index (χ2v) is 3.81. The fourth-order valence-corrected chi connectivity index (χ4v) is 1.76. The Balaban J connectivity index is 1.98. The number of benzene rings is 1. The van der Waals surface area contributed by atoms with E-state index in [1.54, 1.807) is 14.0 Å². The average molecular weight is 265 g/mol. The van der Waals surface area contributed by atoms with Crippen molar-refractivity contribution in [2.75, 3.05) is 13.7 Å². The standard InChI is InChI=1S/C13H15NO5/c1-3-17-13(15)18-12-8-11(19-14-12)9-6-4-5-7-10(9)16-2/h4-7,11H,3,8H2,1-2H3. The number of methoxy groups -OCH3 is 1. The SMILES string of the molecule is CCOC(=O)OC1=NOC(c2ccccc2OC)C1. The van der Waals surface area contributed by atoms with Crippen LogP contribution in [0.4, 0.5) is 4.79 Å². The van der Waals surface area contributed by atoms with E-state index < -0.39 is 6.16 Å². The first-order valence-corrected chi connectivity index (χ1v) is 5.94. The highest BCUT2D eigenvalue weighted by atomic mass is 16.7. The quantitative estimate of drug-likeness (QED) is 0.786. The summed E-state index contributed by atoms with van der Waals surface area (Å²) in [7, 11) is 1.59. The highest BCUT2D eigenvalue weighted by Crippen LogP contribution is 2.33. The molecule has 1 heterocycles. The number of nitrogens with zero attached hydrogens (tertiary/aromatic N) is 1. The van der Waals surface area contributed by atoms with Gasteiger partial charge in [0, 0.05) is 5.56 Å². The fraction of sp³-hybridized carbons (Fsp3) is 0.385. The zero-order valence-corrected chi connectivity index (χ0v) is 10.8. The third kappa shape index (κ3) is 3.15. The lowest BCUT2D eigenvalue weighted by Gasteiger charge is -2.12. The molecule has 2 rings (SSSR count). The summed E-state index contributed by atoms with van der Waals surface area (Å²) in [5.74, 6) is 0.912. The molecule has 6 heteroatoms. The number of hydrogen-bond acceptors (Lipinski definition) is 6. The fourth-order valence-electron chi connectivity index (χ4n) is 1.76. The van der Waals surface area contributed by atoms with Crippen molar-refractivity contribution in [3.05, 3.63) is 29.8 Å². The van der Waals surface area contributed by atoms with Gasteiger partial charge in [0.25, 0.3) is 0 Å². The van der Waals surface area contributed by atoms with E-state index in [-0.39, 0.29) is 18.6 Å². The summed E-state index contributed by atoms with van der Waals surface area (Å²) in [5, 5.41) is 3.73. The van der Waals surface area contributed by atoms with Crippen LogP contribution in [0.15, 0.2) is 29.4 Å². The smallest absolute Gasteiger partial charge is 0.496 e. The van der Waals surface area contributed by atoms with Crippen molar-refractivity contribution in [2.45, 2.75) is 19.4 Å². The van der Waals surface area contributed by atoms with E-state index in [9.17, 15) is 4.79 Å². The highest BCUT2D eigenvalue weighted by Gasteiger charge is 2.28. The van der Waals surface area contributed by atoms with Crippen LogP contribution in [0.2, 0.25) is 0 Å². The average Bonchev–Trinajstić information content (AvgIpc) is 2.87. The van der Waals surface area contributed by atoms with Crippen LogP contribution in [0.3, 0.4) is 0 Å². The van der Waals surface area contributed by atoms with Crippen LogP contribution < -0.4 is 4.74 Å². The molecule has 0 saturated heterocycles. The van der Waals surface area contributed by atoms with E-state index in [0.717, 1.165) is 5.56 Å². The summed E-state index contributed by atoms with van der Waals surface area (Å²) in [6.45, 7) is 1.95. The second kappa shape index (κ2) is 6.08. The second-order valence-electron chi connectivity index (χ2n) is 3.81. The van der Waals surface area contributed by atoms with Gasteiger partial charge in [-0.2, -0.15) is 0 Å². The molecule has 0 aliphatic carbocycles.